The topological polar surface area (TPSA) is 34.1 Å². The second-order valence-corrected chi connectivity index (χ2v) is 25.8. The first-order valence-corrected chi connectivity index (χ1v) is 12.7. The van der Waals surface area contributed by atoms with Gasteiger partial charge in [0.15, 0.2) is 0 Å². The molecule has 0 N–H and O–H groups in total. The first-order chi connectivity index (χ1) is 3.12. The zero-order valence-corrected chi connectivity index (χ0v) is 9.01. The summed E-state index contributed by atoms with van der Waals surface area (Å²) in [7, 11) is -2.26. The molecule has 0 aliphatic rings. The fraction of sp³-hybridized carbons (Fsp3) is 0. The van der Waals surface area contributed by atoms with Crippen molar-refractivity contribution in [2.75, 3.05) is 0 Å². The van der Waals surface area contributed by atoms with Crippen LogP contribution in [0.1, 0.15) is 0 Å². The molecular weight excluding hydrogens is 413 g/mol. The molecule has 0 atom stereocenters. The van der Waals surface area contributed by atoms with E-state index in [2.05, 4.69) is 0 Å². The van der Waals surface area contributed by atoms with Crippen molar-refractivity contribution in [1.82, 2.24) is 0 Å². The van der Waals surface area contributed by atoms with Gasteiger partial charge in [0, 0.05) is 0 Å². The predicted molar refractivity (Wildman–Crippen MR) is 41.5 cm³/mol. The quantitative estimate of drug-likeness (QED) is 0.387. The molecular formula is C2H2I2O2Rh. The molecule has 0 radical (unpaired) electrons. The molecule has 0 spiro atoms. The molecule has 0 aromatic heterocycles. The number of carbonyl (C=O) groups excluding carboxylic acids is 2. The van der Waals surface area contributed by atoms with E-state index in [4.69, 9.17) is 0 Å². The molecule has 0 amide bonds. The van der Waals surface area contributed by atoms with Crippen molar-refractivity contribution in [1.29, 1.82) is 0 Å². The van der Waals surface area contributed by atoms with Crippen LogP contribution in [0.5, 0.6) is 0 Å². The molecule has 0 saturated heterocycles. The van der Waals surface area contributed by atoms with Crippen molar-refractivity contribution in [3.05, 3.63) is 0 Å². The molecule has 0 fully saturated rings. The summed E-state index contributed by atoms with van der Waals surface area (Å²) in [4.78, 5) is 21.3. The molecule has 0 aliphatic carbocycles. The molecule has 0 bridgehead atoms. The van der Waals surface area contributed by atoms with Gasteiger partial charge in [-0.1, -0.05) is 0 Å². The van der Waals surface area contributed by atoms with E-state index < -0.39 is 7.75 Å². The predicted octanol–water partition coefficient (Wildman–Crippen LogP) is 1.22. The molecule has 45 valence electrons. The molecule has 5 heteroatoms. The fourth-order valence-corrected chi connectivity index (χ4v) is 0.110. The molecule has 0 rings (SSSR count). The first-order valence-electron chi connectivity index (χ1n) is 1.11. The third kappa shape index (κ3) is 3.96. The summed E-state index contributed by atoms with van der Waals surface area (Å²) in [6.45, 7) is 0. The maximum atomic E-state index is 9.88. The number of rotatable bonds is 2. The van der Waals surface area contributed by atoms with E-state index in [1.165, 1.54) is 0 Å². The van der Waals surface area contributed by atoms with Gasteiger partial charge >= 0.3 is 66.6 Å². The number of hydrogen-bond donors (Lipinski definition) is 0. The van der Waals surface area contributed by atoms with E-state index in [1.54, 1.807) is 0 Å². The van der Waals surface area contributed by atoms with Crippen LogP contribution in [0, 0.1) is 0 Å². The second-order valence-electron chi connectivity index (χ2n) is 0.607. The van der Waals surface area contributed by atoms with Crippen LogP contribution >= 0.6 is 39.5 Å². The average molecular weight is 415 g/mol. The van der Waals surface area contributed by atoms with E-state index in [1.807, 2.05) is 39.5 Å². The van der Waals surface area contributed by atoms with Gasteiger partial charge < -0.3 is 0 Å². The third-order valence-corrected chi connectivity index (χ3v) is 5.25. The Hall–Kier alpha value is 1.42. The normalized spacial score (nSPS) is 12.9. The van der Waals surface area contributed by atoms with Crippen molar-refractivity contribution in [2.24, 2.45) is 0 Å². The Morgan fingerprint density at radius 2 is 1.43 bits per heavy atom. The molecule has 0 aromatic rings. The zero-order valence-electron chi connectivity index (χ0n) is 3.06. The van der Waals surface area contributed by atoms with Crippen molar-refractivity contribution >= 4 is 49.3 Å². The summed E-state index contributed by atoms with van der Waals surface area (Å²) in [6.07, 6.45) is 0. The Balaban J connectivity index is 3.82. The van der Waals surface area contributed by atoms with E-state index in [0.29, 0.717) is 0 Å². The van der Waals surface area contributed by atoms with Crippen molar-refractivity contribution < 1.29 is 17.3 Å². The van der Waals surface area contributed by atoms with Crippen molar-refractivity contribution in [3.8, 4) is 0 Å². The second kappa shape index (κ2) is 3.45. The molecule has 0 unspecified atom stereocenters. The third-order valence-electron chi connectivity index (χ3n) is 0.210. The zero-order chi connectivity index (χ0) is 5.91. The Kier molecular flexibility index (Phi) is 4.15. The Labute approximate surface area is 65.6 Å². The maximum absolute atomic E-state index is 9.88. The van der Waals surface area contributed by atoms with Crippen LogP contribution in [0.25, 0.3) is 0 Å². The van der Waals surface area contributed by atoms with Crippen LogP contribution in [-0.4, -0.2) is 9.76 Å². The fourth-order valence-electron chi connectivity index (χ4n) is 0.0185. The van der Waals surface area contributed by atoms with Gasteiger partial charge in [-0.25, -0.2) is 0 Å². The summed E-state index contributed by atoms with van der Waals surface area (Å²) in [6, 6.07) is 0. The minimum atomic E-state index is -2.26. The summed E-state index contributed by atoms with van der Waals surface area (Å²) in [5.41, 5.74) is 0. The Morgan fingerprint density at radius 1 is 1.14 bits per heavy atom. The number of halogens is 2. The number of hydrogen-bond acceptors (Lipinski definition) is 2. The van der Waals surface area contributed by atoms with Crippen molar-refractivity contribution in [2.45, 2.75) is 0 Å². The van der Waals surface area contributed by atoms with Crippen LogP contribution in [0.2, 0.25) is 0 Å². The van der Waals surface area contributed by atoms with Gasteiger partial charge in [0.2, 0.25) is 0 Å². The first kappa shape index (κ1) is 8.42. The van der Waals surface area contributed by atoms with E-state index in [-0.39, 0.29) is 0 Å². The van der Waals surface area contributed by atoms with Crippen LogP contribution in [0.4, 0.5) is 0 Å². The average Bonchev–Trinajstić information content (AvgIpc) is 1.68. The van der Waals surface area contributed by atoms with E-state index >= 15 is 0 Å². The standard InChI is InChI=1S/2CHO.2HI.Rh/c2*1-2;;;/h2*1H;2*1H;/q;;;;+2/p-2. The Morgan fingerprint density at radius 3 is 1.43 bits per heavy atom. The molecule has 0 saturated carbocycles. The summed E-state index contributed by atoms with van der Waals surface area (Å²) in [5, 5.41) is 0. The number of carbonyl (C=O) groups is 2. The van der Waals surface area contributed by atoms with Crippen molar-refractivity contribution in [3.63, 3.8) is 0 Å². The van der Waals surface area contributed by atoms with Crippen LogP contribution < -0.4 is 0 Å². The molecule has 0 aromatic carbocycles. The monoisotopic (exact) mass is 415 g/mol. The van der Waals surface area contributed by atoms with Crippen LogP contribution in [0.15, 0.2) is 0 Å². The van der Waals surface area contributed by atoms with E-state index in [9.17, 15) is 9.59 Å². The summed E-state index contributed by atoms with van der Waals surface area (Å²) >= 11 is 3.83. The Bertz CT molecular complexity index is 81.7. The van der Waals surface area contributed by atoms with Crippen LogP contribution in [0.3, 0.4) is 0 Å². The molecule has 2 nitrogen and oxygen atoms in total. The van der Waals surface area contributed by atoms with Gasteiger partial charge in [-0.05, 0) is 0 Å². The van der Waals surface area contributed by atoms with Gasteiger partial charge in [0.25, 0.3) is 0 Å². The molecule has 0 aliphatic heterocycles. The van der Waals surface area contributed by atoms with E-state index in [0.717, 1.165) is 9.76 Å². The SMILES string of the molecule is O=[CH][Rh]([I])([I])[CH]=O. The van der Waals surface area contributed by atoms with Gasteiger partial charge in [-0.3, -0.25) is 0 Å². The van der Waals surface area contributed by atoms with Crippen LogP contribution in [-0.2, 0) is 17.3 Å². The summed E-state index contributed by atoms with van der Waals surface area (Å²) < 4.78 is 0. The molecule has 0 heterocycles. The van der Waals surface area contributed by atoms with Gasteiger partial charge in [-0.2, -0.15) is 0 Å². The van der Waals surface area contributed by atoms with Gasteiger partial charge in [-0.15, -0.1) is 0 Å². The minimum absolute atomic E-state index is 0.758. The summed E-state index contributed by atoms with van der Waals surface area (Å²) in [5.74, 6) is 0. The van der Waals surface area contributed by atoms with Gasteiger partial charge in [0.1, 0.15) is 0 Å². The van der Waals surface area contributed by atoms with Gasteiger partial charge in [0.05, 0.1) is 0 Å². The molecule has 7 heavy (non-hydrogen) atoms.